The van der Waals surface area contributed by atoms with Crippen LogP contribution in [0, 0.1) is 6.92 Å². The maximum atomic E-state index is 11.7. The van der Waals surface area contributed by atoms with Gasteiger partial charge in [-0.3, -0.25) is 4.79 Å². The highest BCUT2D eigenvalue weighted by atomic mass is 32.2. The lowest BCUT2D eigenvalue weighted by Crippen LogP contribution is -2.26. The summed E-state index contributed by atoms with van der Waals surface area (Å²) < 4.78 is 2.01. The van der Waals surface area contributed by atoms with Gasteiger partial charge in [0.1, 0.15) is 0 Å². The molecule has 2 rings (SSSR count). The van der Waals surface area contributed by atoms with Gasteiger partial charge in [-0.05, 0) is 26.3 Å². The summed E-state index contributed by atoms with van der Waals surface area (Å²) in [4.78, 5) is 11.7. The third kappa shape index (κ3) is 4.80. The fourth-order valence-corrected chi connectivity index (χ4v) is 3.00. The van der Waals surface area contributed by atoms with Gasteiger partial charge in [-0.2, -0.15) is 0 Å². The third-order valence-corrected chi connectivity index (χ3v) is 4.27. The van der Waals surface area contributed by atoms with E-state index in [1.165, 1.54) is 17.3 Å². The molecule has 0 unspecified atom stereocenters. The molecule has 2 aromatic rings. The van der Waals surface area contributed by atoms with E-state index in [0.717, 1.165) is 23.1 Å². The van der Waals surface area contributed by atoms with Gasteiger partial charge in [-0.1, -0.05) is 35.5 Å². The number of nitrogens with zero attached hydrogens (tertiary/aromatic N) is 3. The van der Waals surface area contributed by atoms with Gasteiger partial charge in [0, 0.05) is 25.3 Å². The number of hydrogen-bond acceptors (Lipinski definition) is 5. The lowest BCUT2D eigenvalue weighted by atomic mass is 10.1. The minimum absolute atomic E-state index is 0.0637. The summed E-state index contributed by atoms with van der Waals surface area (Å²) >= 11 is 1.37. The summed E-state index contributed by atoms with van der Waals surface area (Å²) in [6, 6.07) is 8.13. The van der Waals surface area contributed by atoms with Gasteiger partial charge in [0.15, 0.2) is 11.0 Å². The Balaban J connectivity index is 2.05. The standard InChI is InChI=1S/C16H22N4O2S/c1-3-20-15(13-7-4-6-12(2)10-13)18-19-16(20)23-11-14(22)17-8-5-9-21/h4,6-7,10,21H,3,5,8-9,11H2,1-2H3,(H,17,22). The lowest BCUT2D eigenvalue weighted by molar-refractivity contribution is -0.118. The zero-order valence-corrected chi connectivity index (χ0v) is 14.3. The predicted molar refractivity (Wildman–Crippen MR) is 91.3 cm³/mol. The number of amides is 1. The molecule has 1 heterocycles. The van der Waals surface area contributed by atoms with E-state index < -0.39 is 0 Å². The molecule has 124 valence electrons. The summed E-state index contributed by atoms with van der Waals surface area (Å²) in [6.07, 6.45) is 0.569. The Morgan fingerprint density at radius 2 is 2.22 bits per heavy atom. The van der Waals surface area contributed by atoms with Crippen LogP contribution in [-0.4, -0.2) is 44.7 Å². The van der Waals surface area contributed by atoms with Crippen molar-refractivity contribution in [2.45, 2.75) is 32.0 Å². The van der Waals surface area contributed by atoms with Crippen molar-refractivity contribution in [1.29, 1.82) is 0 Å². The second-order valence-corrected chi connectivity index (χ2v) is 6.08. The minimum Gasteiger partial charge on any atom is -0.396 e. The van der Waals surface area contributed by atoms with Crippen LogP contribution in [0.2, 0.25) is 0 Å². The number of hydrogen-bond donors (Lipinski definition) is 2. The van der Waals surface area contributed by atoms with Crippen LogP contribution in [0.15, 0.2) is 29.4 Å². The Labute approximate surface area is 140 Å². The SMILES string of the molecule is CCn1c(SCC(=O)NCCCO)nnc1-c1cccc(C)c1. The number of aliphatic hydroxyl groups is 1. The Kier molecular flexibility index (Phi) is 6.61. The third-order valence-electron chi connectivity index (χ3n) is 3.30. The molecule has 0 spiro atoms. The summed E-state index contributed by atoms with van der Waals surface area (Å²) in [5, 5.41) is 20.7. The molecule has 1 aromatic heterocycles. The van der Waals surface area contributed by atoms with Crippen molar-refractivity contribution >= 4 is 17.7 Å². The molecule has 6 nitrogen and oxygen atoms in total. The summed E-state index contributed by atoms with van der Waals surface area (Å²) in [5.41, 5.74) is 2.20. The molecule has 0 saturated heterocycles. The van der Waals surface area contributed by atoms with Crippen LogP contribution in [0.4, 0.5) is 0 Å². The average molecular weight is 334 g/mol. The van der Waals surface area contributed by atoms with Crippen molar-refractivity contribution in [2.24, 2.45) is 0 Å². The number of thioether (sulfide) groups is 1. The predicted octanol–water partition coefficient (Wildman–Crippen LogP) is 1.86. The van der Waals surface area contributed by atoms with Crippen molar-refractivity contribution in [3.8, 4) is 11.4 Å². The fourth-order valence-electron chi connectivity index (χ4n) is 2.17. The fraction of sp³-hybridized carbons (Fsp3) is 0.438. The van der Waals surface area contributed by atoms with E-state index in [1.807, 2.05) is 36.6 Å². The number of aliphatic hydroxyl groups excluding tert-OH is 1. The van der Waals surface area contributed by atoms with Crippen molar-refractivity contribution in [3.05, 3.63) is 29.8 Å². The van der Waals surface area contributed by atoms with Crippen LogP contribution >= 0.6 is 11.8 Å². The first kappa shape index (κ1) is 17.5. The smallest absolute Gasteiger partial charge is 0.230 e. The molecule has 0 radical (unpaired) electrons. The van der Waals surface area contributed by atoms with E-state index in [-0.39, 0.29) is 18.3 Å². The number of aromatic nitrogens is 3. The van der Waals surface area contributed by atoms with E-state index >= 15 is 0 Å². The van der Waals surface area contributed by atoms with Crippen molar-refractivity contribution in [3.63, 3.8) is 0 Å². The van der Waals surface area contributed by atoms with Crippen LogP contribution < -0.4 is 5.32 Å². The van der Waals surface area contributed by atoms with Gasteiger partial charge in [0.2, 0.25) is 5.91 Å². The topological polar surface area (TPSA) is 80.0 Å². The number of nitrogens with one attached hydrogen (secondary N) is 1. The molecule has 0 fully saturated rings. The maximum Gasteiger partial charge on any atom is 0.230 e. The van der Waals surface area contributed by atoms with E-state index in [4.69, 9.17) is 5.11 Å². The highest BCUT2D eigenvalue weighted by molar-refractivity contribution is 7.99. The molecule has 1 amide bonds. The first-order chi connectivity index (χ1) is 11.2. The average Bonchev–Trinajstić information content (AvgIpc) is 2.96. The van der Waals surface area contributed by atoms with Crippen LogP contribution in [0.1, 0.15) is 18.9 Å². The quantitative estimate of drug-likeness (QED) is 0.569. The zero-order valence-electron chi connectivity index (χ0n) is 13.5. The molecule has 0 aliphatic rings. The second kappa shape index (κ2) is 8.69. The van der Waals surface area contributed by atoms with E-state index in [9.17, 15) is 4.79 Å². The molecular weight excluding hydrogens is 312 g/mol. The highest BCUT2D eigenvalue weighted by Crippen LogP contribution is 2.24. The molecule has 2 N–H and O–H groups in total. The molecule has 0 aliphatic heterocycles. The molecule has 7 heteroatoms. The van der Waals surface area contributed by atoms with Crippen LogP contribution in [0.25, 0.3) is 11.4 Å². The first-order valence-electron chi connectivity index (χ1n) is 7.66. The second-order valence-electron chi connectivity index (χ2n) is 5.14. The molecule has 0 saturated carbocycles. The Morgan fingerprint density at radius 3 is 2.91 bits per heavy atom. The lowest BCUT2D eigenvalue weighted by Gasteiger charge is -2.08. The summed E-state index contributed by atoms with van der Waals surface area (Å²) in [7, 11) is 0. The number of rotatable bonds is 8. The van der Waals surface area contributed by atoms with Crippen LogP contribution in [-0.2, 0) is 11.3 Å². The van der Waals surface area contributed by atoms with Crippen molar-refractivity contribution < 1.29 is 9.90 Å². The molecule has 0 atom stereocenters. The van der Waals surface area contributed by atoms with Crippen molar-refractivity contribution in [2.75, 3.05) is 18.9 Å². The number of aryl methyl sites for hydroxylation is 1. The molecule has 0 bridgehead atoms. The largest absolute Gasteiger partial charge is 0.396 e. The van der Waals surface area contributed by atoms with Gasteiger partial charge in [-0.25, -0.2) is 0 Å². The Hall–Kier alpha value is -1.86. The monoisotopic (exact) mass is 334 g/mol. The number of carbonyl (C=O) groups excluding carboxylic acids is 1. The Morgan fingerprint density at radius 1 is 1.39 bits per heavy atom. The van der Waals surface area contributed by atoms with Gasteiger partial charge in [-0.15, -0.1) is 10.2 Å². The van der Waals surface area contributed by atoms with E-state index in [2.05, 4.69) is 21.6 Å². The van der Waals surface area contributed by atoms with E-state index in [1.54, 1.807) is 0 Å². The Bertz CT molecular complexity index is 657. The summed E-state index contributed by atoms with van der Waals surface area (Å²) in [5.74, 6) is 1.04. The van der Waals surface area contributed by atoms with E-state index in [0.29, 0.717) is 13.0 Å². The first-order valence-corrected chi connectivity index (χ1v) is 8.64. The number of benzene rings is 1. The molecule has 1 aromatic carbocycles. The molecular formula is C16H22N4O2S. The normalized spacial score (nSPS) is 10.7. The summed E-state index contributed by atoms with van der Waals surface area (Å²) in [6.45, 7) is 5.39. The van der Waals surface area contributed by atoms with Crippen molar-refractivity contribution in [1.82, 2.24) is 20.1 Å². The molecule has 23 heavy (non-hydrogen) atoms. The van der Waals surface area contributed by atoms with Crippen LogP contribution in [0.5, 0.6) is 0 Å². The zero-order chi connectivity index (χ0) is 16.7. The van der Waals surface area contributed by atoms with Crippen LogP contribution in [0.3, 0.4) is 0 Å². The maximum absolute atomic E-state index is 11.7. The van der Waals surface area contributed by atoms with Gasteiger partial charge >= 0.3 is 0 Å². The van der Waals surface area contributed by atoms with Gasteiger partial charge < -0.3 is 15.0 Å². The van der Waals surface area contributed by atoms with Gasteiger partial charge in [0.25, 0.3) is 0 Å². The molecule has 0 aliphatic carbocycles. The minimum atomic E-state index is -0.0637. The highest BCUT2D eigenvalue weighted by Gasteiger charge is 2.14. The van der Waals surface area contributed by atoms with Gasteiger partial charge in [0.05, 0.1) is 5.75 Å². The number of carbonyl (C=O) groups is 1.